The van der Waals surface area contributed by atoms with E-state index in [9.17, 15) is 22.8 Å². The summed E-state index contributed by atoms with van der Waals surface area (Å²) in [6, 6.07) is 5.23. The molecule has 27 heavy (non-hydrogen) atoms. The molecule has 0 fully saturated rings. The predicted octanol–water partition coefficient (Wildman–Crippen LogP) is 4.14. The lowest BCUT2D eigenvalue weighted by molar-refractivity contribution is -0.145. The summed E-state index contributed by atoms with van der Waals surface area (Å²) in [5, 5.41) is 3.04. The normalized spacial score (nSPS) is 23.1. The van der Waals surface area contributed by atoms with E-state index in [2.05, 4.69) is 0 Å². The number of benzene rings is 1. The van der Waals surface area contributed by atoms with Crippen LogP contribution < -0.4 is 0 Å². The van der Waals surface area contributed by atoms with Crippen molar-refractivity contribution in [3.63, 3.8) is 0 Å². The summed E-state index contributed by atoms with van der Waals surface area (Å²) in [7, 11) is 3.39. The van der Waals surface area contributed by atoms with Crippen LogP contribution in [-0.4, -0.2) is 35.8 Å². The first-order valence-corrected chi connectivity index (χ1v) is 8.85. The minimum atomic E-state index is -4.55. The number of hydrogen-bond donors (Lipinski definition) is 0. The van der Waals surface area contributed by atoms with Gasteiger partial charge in [0.15, 0.2) is 5.78 Å². The van der Waals surface area contributed by atoms with Gasteiger partial charge in [0.05, 0.1) is 5.56 Å². The molecule has 0 bridgehead atoms. The van der Waals surface area contributed by atoms with Crippen LogP contribution in [0.3, 0.4) is 0 Å². The fourth-order valence-electron chi connectivity index (χ4n) is 4.19. The number of halogens is 3. The van der Waals surface area contributed by atoms with Gasteiger partial charge >= 0.3 is 6.18 Å². The van der Waals surface area contributed by atoms with E-state index < -0.39 is 17.7 Å². The van der Waals surface area contributed by atoms with E-state index in [1.54, 1.807) is 19.1 Å². The molecule has 7 heteroatoms. The first kappa shape index (κ1) is 19.6. The SMILES string of the molecule is CN(C)N1C(=O)C[C@@H](c2ccccc2C(F)(F)F)C2=C1CC(C)(C)CC2=O. The summed E-state index contributed by atoms with van der Waals surface area (Å²) in [4.78, 5) is 25.8. The summed E-state index contributed by atoms with van der Waals surface area (Å²) in [5.74, 6) is -1.35. The lowest BCUT2D eigenvalue weighted by Crippen LogP contribution is -2.49. The molecule has 1 amide bonds. The van der Waals surface area contributed by atoms with E-state index >= 15 is 0 Å². The Morgan fingerprint density at radius 3 is 2.33 bits per heavy atom. The zero-order valence-electron chi connectivity index (χ0n) is 15.9. The number of amides is 1. The average Bonchev–Trinajstić information content (AvgIpc) is 2.51. The molecule has 1 aliphatic carbocycles. The number of allylic oxidation sites excluding steroid dienone is 2. The third-order valence-electron chi connectivity index (χ3n) is 5.16. The van der Waals surface area contributed by atoms with Crippen LogP contribution in [0.1, 0.15) is 50.2 Å². The highest BCUT2D eigenvalue weighted by Gasteiger charge is 2.46. The molecule has 1 aromatic rings. The van der Waals surface area contributed by atoms with E-state index in [0.29, 0.717) is 17.7 Å². The van der Waals surface area contributed by atoms with E-state index in [0.717, 1.165) is 6.07 Å². The van der Waals surface area contributed by atoms with Crippen molar-refractivity contribution in [2.45, 2.75) is 45.2 Å². The smallest absolute Gasteiger partial charge is 0.294 e. The molecule has 1 heterocycles. The minimum Gasteiger partial charge on any atom is -0.294 e. The Morgan fingerprint density at radius 1 is 1.11 bits per heavy atom. The van der Waals surface area contributed by atoms with Gasteiger partial charge in [0.25, 0.3) is 0 Å². The number of rotatable bonds is 2. The summed E-state index contributed by atoms with van der Waals surface area (Å²) in [6.07, 6.45) is -3.99. The second-order valence-corrected chi connectivity index (χ2v) is 8.20. The molecule has 146 valence electrons. The van der Waals surface area contributed by atoms with Crippen molar-refractivity contribution in [3.8, 4) is 0 Å². The number of carbonyl (C=O) groups excluding carboxylic acids is 2. The summed E-state index contributed by atoms with van der Waals surface area (Å²) in [6.45, 7) is 3.86. The van der Waals surface area contributed by atoms with Gasteiger partial charge in [-0.2, -0.15) is 13.2 Å². The Labute approximate surface area is 156 Å². The van der Waals surface area contributed by atoms with Gasteiger partial charge in [-0.05, 0) is 23.5 Å². The fourth-order valence-corrected chi connectivity index (χ4v) is 4.19. The first-order chi connectivity index (χ1) is 12.4. The molecule has 0 saturated heterocycles. The van der Waals surface area contributed by atoms with Crippen molar-refractivity contribution < 1.29 is 22.8 Å². The van der Waals surface area contributed by atoms with Crippen molar-refractivity contribution in [2.75, 3.05) is 14.1 Å². The van der Waals surface area contributed by atoms with Crippen molar-refractivity contribution in [1.29, 1.82) is 0 Å². The minimum absolute atomic E-state index is 0.00249. The standard InChI is InChI=1S/C20H23F3N2O2/c1-19(2)10-15-18(16(26)11-19)13(9-17(27)25(15)24(3)4)12-7-5-6-8-14(12)20(21,22)23/h5-8,13H,9-11H2,1-4H3/t13-/m0/s1. The highest BCUT2D eigenvalue weighted by molar-refractivity contribution is 6.02. The molecule has 0 radical (unpaired) electrons. The van der Waals surface area contributed by atoms with Gasteiger partial charge in [0, 0.05) is 44.1 Å². The van der Waals surface area contributed by atoms with Crippen LogP contribution in [0, 0.1) is 5.41 Å². The lowest BCUT2D eigenvalue weighted by Gasteiger charge is -2.45. The molecular weight excluding hydrogens is 357 g/mol. The van der Waals surface area contributed by atoms with Gasteiger partial charge < -0.3 is 0 Å². The molecule has 0 saturated carbocycles. The van der Waals surface area contributed by atoms with Crippen LogP contribution in [0.2, 0.25) is 0 Å². The van der Waals surface area contributed by atoms with Crippen LogP contribution in [-0.2, 0) is 15.8 Å². The Kier molecular flexibility index (Phi) is 4.70. The van der Waals surface area contributed by atoms with Gasteiger partial charge in [-0.25, -0.2) is 10.0 Å². The van der Waals surface area contributed by atoms with Gasteiger partial charge in [0.1, 0.15) is 0 Å². The summed E-state index contributed by atoms with van der Waals surface area (Å²) >= 11 is 0. The molecule has 1 atom stereocenters. The second kappa shape index (κ2) is 6.48. The van der Waals surface area contributed by atoms with Gasteiger partial charge in [-0.3, -0.25) is 9.59 Å². The third kappa shape index (κ3) is 3.52. The van der Waals surface area contributed by atoms with E-state index in [-0.39, 0.29) is 35.5 Å². The van der Waals surface area contributed by atoms with E-state index in [1.807, 2.05) is 13.8 Å². The Hall–Kier alpha value is -2.15. The molecule has 4 nitrogen and oxygen atoms in total. The van der Waals surface area contributed by atoms with E-state index in [4.69, 9.17) is 0 Å². The van der Waals surface area contributed by atoms with Gasteiger partial charge in [0.2, 0.25) is 5.91 Å². The zero-order valence-corrected chi connectivity index (χ0v) is 15.9. The van der Waals surface area contributed by atoms with Crippen LogP contribution in [0.25, 0.3) is 0 Å². The number of ketones is 1. The molecular formula is C20H23F3N2O2. The predicted molar refractivity (Wildman–Crippen MR) is 94.4 cm³/mol. The largest absolute Gasteiger partial charge is 0.416 e. The second-order valence-electron chi connectivity index (χ2n) is 8.20. The van der Waals surface area contributed by atoms with Crippen LogP contribution in [0.5, 0.6) is 0 Å². The number of Topliss-reactive ketones (excluding diaryl/α,β-unsaturated/α-hetero) is 1. The zero-order chi connectivity index (χ0) is 20.1. The summed E-state index contributed by atoms with van der Waals surface area (Å²) < 4.78 is 40.6. The molecule has 1 aromatic carbocycles. The maximum atomic E-state index is 13.5. The molecule has 2 aliphatic rings. The van der Waals surface area contributed by atoms with Gasteiger partial charge in [-0.1, -0.05) is 32.0 Å². The maximum Gasteiger partial charge on any atom is 0.416 e. The van der Waals surface area contributed by atoms with Crippen LogP contribution >= 0.6 is 0 Å². The van der Waals surface area contributed by atoms with E-state index in [1.165, 1.54) is 23.2 Å². The number of carbonyl (C=O) groups is 2. The fraction of sp³-hybridized carbons (Fsp3) is 0.500. The quantitative estimate of drug-likeness (QED) is 0.774. The van der Waals surface area contributed by atoms with Crippen molar-refractivity contribution in [2.24, 2.45) is 5.41 Å². The first-order valence-electron chi connectivity index (χ1n) is 8.85. The van der Waals surface area contributed by atoms with Crippen molar-refractivity contribution in [1.82, 2.24) is 10.0 Å². The lowest BCUT2D eigenvalue weighted by atomic mass is 9.69. The number of alkyl halides is 3. The molecule has 0 N–H and O–H groups in total. The summed E-state index contributed by atoms with van der Waals surface area (Å²) in [5.41, 5.74) is -0.266. The Bertz CT molecular complexity index is 825. The highest BCUT2D eigenvalue weighted by Crippen LogP contribution is 2.49. The third-order valence-corrected chi connectivity index (χ3v) is 5.16. The maximum absolute atomic E-state index is 13.5. The molecule has 3 rings (SSSR count). The molecule has 0 aromatic heterocycles. The molecule has 0 unspecified atom stereocenters. The topological polar surface area (TPSA) is 40.6 Å². The van der Waals surface area contributed by atoms with Crippen molar-refractivity contribution in [3.05, 3.63) is 46.7 Å². The Balaban J connectivity index is 2.23. The van der Waals surface area contributed by atoms with Crippen molar-refractivity contribution >= 4 is 11.7 Å². The number of hydrazine groups is 1. The Morgan fingerprint density at radius 2 is 1.74 bits per heavy atom. The number of nitrogens with zero attached hydrogens (tertiary/aromatic N) is 2. The molecule has 0 spiro atoms. The average molecular weight is 380 g/mol. The highest BCUT2D eigenvalue weighted by atomic mass is 19.4. The van der Waals surface area contributed by atoms with Crippen LogP contribution in [0.15, 0.2) is 35.5 Å². The van der Waals surface area contributed by atoms with Crippen LogP contribution in [0.4, 0.5) is 13.2 Å². The monoisotopic (exact) mass is 380 g/mol. The number of hydrogen-bond acceptors (Lipinski definition) is 3. The molecule has 1 aliphatic heterocycles. The van der Waals surface area contributed by atoms with Gasteiger partial charge in [-0.15, -0.1) is 0 Å².